The standard InChI is InChI=1S/C21H20N6O2S/c1-4-14-8-7-9-15(12-14)27-13(2)18(24-26-27)19-22-21(30-25-19)23-20(28)16-10-5-6-11-17(16)29-3/h5-12H,4H2,1-3H3,(H,22,23,25,28). The summed E-state index contributed by atoms with van der Waals surface area (Å²) >= 11 is 1.09. The Kier molecular flexibility index (Phi) is 5.53. The first-order valence-electron chi connectivity index (χ1n) is 9.40. The van der Waals surface area contributed by atoms with Gasteiger partial charge in [-0.1, -0.05) is 36.4 Å². The number of aromatic nitrogens is 5. The third kappa shape index (κ3) is 3.79. The molecule has 0 saturated carbocycles. The zero-order chi connectivity index (χ0) is 21.1. The van der Waals surface area contributed by atoms with Gasteiger partial charge in [0.2, 0.25) is 5.13 Å². The van der Waals surface area contributed by atoms with Crippen molar-refractivity contribution in [1.82, 2.24) is 24.4 Å². The van der Waals surface area contributed by atoms with Gasteiger partial charge in [-0.05, 0) is 43.2 Å². The average molecular weight is 420 g/mol. The number of amides is 1. The van der Waals surface area contributed by atoms with Crippen LogP contribution in [0.5, 0.6) is 5.75 Å². The summed E-state index contributed by atoms with van der Waals surface area (Å²) in [6.07, 6.45) is 0.942. The summed E-state index contributed by atoms with van der Waals surface area (Å²) < 4.78 is 11.4. The third-order valence-electron chi connectivity index (χ3n) is 4.67. The summed E-state index contributed by atoms with van der Waals surface area (Å²) in [5.41, 5.74) is 3.98. The van der Waals surface area contributed by atoms with Crippen LogP contribution in [0.25, 0.3) is 17.2 Å². The molecule has 1 N–H and O–H groups in total. The van der Waals surface area contributed by atoms with Crippen LogP contribution in [-0.2, 0) is 6.42 Å². The summed E-state index contributed by atoms with van der Waals surface area (Å²) in [6, 6.07) is 15.2. The van der Waals surface area contributed by atoms with Gasteiger partial charge in [-0.2, -0.15) is 9.36 Å². The lowest BCUT2D eigenvalue weighted by atomic mass is 10.1. The number of carbonyl (C=O) groups excluding carboxylic acids is 1. The average Bonchev–Trinajstić information content (AvgIpc) is 3.39. The Bertz CT molecular complexity index is 1200. The lowest BCUT2D eigenvalue weighted by Gasteiger charge is -2.06. The number of nitrogens with zero attached hydrogens (tertiary/aromatic N) is 5. The van der Waals surface area contributed by atoms with Crippen LogP contribution >= 0.6 is 11.5 Å². The Morgan fingerprint density at radius 2 is 2.03 bits per heavy atom. The molecule has 9 heteroatoms. The molecule has 8 nitrogen and oxygen atoms in total. The van der Waals surface area contributed by atoms with E-state index >= 15 is 0 Å². The molecule has 30 heavy (non-hydrogen) atoms. The van der Waals surface area contributed by atoms with Crippen molar-refractivity contribution >= 4 is 22.6 Å². The highest BCUT2D eigenvalue weighted by Gasteiger charge is 2.19. The van der Waals surface area contributed by atoms with Gasteiger partial charge < -0.3 is 4.74 Å². The van der Waals surface area contributed by atoms with E-state index < -0.39 is 0 Å². The molecule has 152 valence electrons. The molecule has 4 aromatic rings. The molecule has 0 saturated heterocycles. The number of hydrogen-bond acceptors (Lipinski definition) is 7. The molecule has 0 spiro atoms. The van der Waals surface area contributed by atoms with Crippen molar-refractivity contribution in [1.29, 1.82) is 0 Å². The van der Waals surface area contributed by atoms with Crippen LogP contribution in [0, 0.1) is 6.92 Å². The van der Waals surface area contributed by atoms with Crippen molar-refractivity contribution in [2.24, 2.45) is 0 Å². The van der Waals surface area contributed by atoms with Gasteiger partial charge in [0.1, 0.15) is 5.75 Å². The number of aryl methyl sites for hydroxylation is 1. The molecule has 2 heterocycles. The fourth-order valence-corrected chi connectivity index (χ4v) is 3.62. The van der Waals surface area contributed by atoms with Crippen molar-refractivity contribution in [3.05, 3.63) is 65.4 Å². The minimum atomic E-state index is -0.313. The van der Waals surface area contributed by atoms with Gasteiger partial charge in [-0.3, -0.25) is 10.1 Å². The molecule has 2 aromatic carbocycles. The molecule has 0 aliphatic carbocycles. The fraction of sp³-hybridized carbons (Fsp3) is 0.190. The molecule has 0 atom stereocenters. The maximum absolute atomic E-state index is 12.6. The second-order valence-electron chi connectivity index (χ2n) is 6.54. The molecule has 0 fully saturated rings. The molecular weight excluding hydrogens is 400 g/mol. The number of nitrogens with one attached hydrogen (secondary N) is 1. The number of carbonyl (C=O) groups is 1. The van der Waals surface area contributed by atoms with Crippen molar-refractivity contribution in [3.8, 4) is 23.0 Å². The highest BCUT2D eigenvalue weighted by molar-refractivity contribution is 7.10. The van der Waals surface area contributed by atoms with Crippen LogP contribution in [0.15, 0.2) is 48.5 Å². The second kappa shape index (κ2) is 8.42. The summed E-state index contributed by atoms with van der Waals surface area (Å²) in [5, 5.41) is 11.7. The number of ether oxygens (including phenoxy) is 1. The van der Waals surface area contributed by atoms with Crippen molar-refractivity contribution < 1.29 is 9.53 Å². The van der Waals surface area contributed by atoms with Crippen LogP contribution in [0.3, 0.4) is 0 Å². The zero-order valence-corrected chi connectivity index (χ0v) is 17.6. The Morgan fingerprint density at radius 1 is 1.20 bits per heavy atom. The normalized spacial score (nSPS) is 10.8. The monoisotopic (exact) mass is 420 g/mol. The first-order chi connectivity index (χ1) is 14.6. The highest BCUT2D eigenvalue weighted by atomic mass is 32.1. The van der Waals surface area contributed by atoms with E-state index in [0.717, 1.165) is 29.3 Å². The lowest BCUT2D eigenvalue weighted by molar-refractivity contribution is 0.102. The van der Waals surface area contributed by atoms with Crippen molar-refractivity contribution in [2.75, 3.05) is 12.4 Å². The van der Waals surface area contributed by atoms with E-state index in [0.29, 0.717) is 28.0 Å². The van der Waals surface area contributed by atoms with Crippen LogP contribution in [-0.4, -0.2) is 37.4 Å². The Balaban J connectivity index is 1.57. The topological polar surface area (TPSA) is 94.8 Å². The largest absolute Gasteiger partial charge is 0.496 e. The van der Waals surface area contributed by atoms with E-state index in [2.05, 4.69) is 44.0 Å². The molecule has 0 radical (unpaired) electrons. The molecule has 4 rings (SSSR count). The molecule has 2 aromatic heterocycles. The first kappa shape index (κ1) is 19.7. The summed E-state index contributed by atoms with van der Waals surface area (Å²) in [7, 11) is 1.53. The van der Waals surface area contributed by atoms with Gasteiger partial charge in [-0.25, -0.2) is 4.68 Å². The Hall–Kier alpha value is -3.59. The molecule has 0 bridgehead atoms. The number of para-hydroxylation sites is 1. The van der Waals surface area contributed by atoms with Gasteiger partial charge >= 0.3 is 0 Å². The van der Waals surface area contributed by atoms with E-state index in [9.17, 15) is 4.79 Å². The van der Waals surface area contributed by atoms with E-state index in [-0.39, 0.29) is 5.91 Å². The number of methoxy groups -OCH3 is 1. The minimum Gasteiger partial charge on any atom is -0.496 e. The minimum absolute atomic E-state index is 0.313. The number of hydrogen-bond donors (Lipinski definition) is 1. The summed E-state index contributed by atoms with van der Waals surface area (Å²) in [4.78, 5) is 17.0. The number of anilines is 1. The second-order valence-corrected chi connectivity index (χ2v) is 7.29. The maximum atomic E-state index is 12.6. The predicted molar refractivity (Wildman–Crippen MR) is 115 cm³/mol. The van der Waals surface area contributed by atoms with E-state index in [1.54, 1.807) is 28.9 Å². The van der Waals surface area contributed by atoms with Crippen LogP contribution in [0.1, 0.15) is 28.5 Å². The Morgan fingerprint density at radius 3 is 2.83 bits per heavy atom. The van der Waals surface area contributed by atoms with Crippen molar-refractivity contribution in [2.45, 2.75) is 20.3 Å². The zero-order valence-electron chi connectivity index (χ0n) is 16.8. The lowest BCUT2D eigenvalue weighted by Crippen LogP contribution is -2.12. The van der Waals surface area contributed by atoms with E-state index in [1.165, 1.54) is 12.7 Å². The molecule has 0 unspecified atom stereocenters. The fourth-order valence-electron chi connectivity index (χ4n) is 3.06. The van der Waals surface area contributed by atoms with Crippen LogP contribution < -0.4 is 10.1 Å². The first-order valence-corrected chi connectivity index (χ1v) is 10.2. The molecule has 1 amide bonds. The number of rotatable bonds is 6. The van der Waals surface area contributed by atoms with E-state index in [4.69, 9.17) is 4.74 Å². The molecule has 0 aliphatic heterocycles. The molecule has 0 aliphatic rings. The van der Waals surface area contributed by atoms with Crippen molar-refractivity contribution in [3.63, 3.8) is 0 Å². The SMILES string of the molecule is CCc1cccc(-n2nnc(-c3nsc(NC(=O)c4ccccc4OC)n3)c2C)c1. The van der Waals surface area contributed by atoms with Gasteiger partial charge in [-0.15, -0.1) is 5.10 Å². The summed E-state index contributed by atoms with van der Waals surface area (Å²) in [5.74, 6) is 0.602. The third-order valence-corrected chi connectivity index (χ3v) is 5.30. The maximum Gasteiger partial charge on any atom is 0.261 e. The molecular formula is C21H20N6O2S. The van der Waals surface area contributed by atoms with E-state index in [1.807, 2.05) is 19.1 Å². The van der Waals surface area contributed by atoms with Gasteiger partial charge in [0.05, 0.1) is 24.1 Å². The van der Waals surface area contributed by atoms with Gasteiger partial charge in [0.25, 0.3) is 5.91 Å². The summed E-state index contributed by atoms with van der Waals surface area (Å²) in [6.45, 7) is 4.03. The quantitative estimate of drug-likeness (QED) is 0.508. The van der Waals surface area contributed by atoms with Crippen LogP contribution in [0.2, 0.25) is 0 Å². The van der Waals surface area contributed by atoms with Crippen LogP contribution in [0.4, 0.5) is 5.13 Å². The number of benzene rings is 2. The highest BCUT2D eigenvalue weighted by Crippen LogP contribution is 2.25. The van der Waals surface area contributed by atoms with Gasteiger partial charge in [0.15, 0.2) is 11.5 Å². The predicted octanol–water partition coefficient (Wildman–Crippen LogP) is 3.92. The van der Waals surface area contributed by atoms with Gasteiger partial charge in [0, 0.05) is 11.5 Å². The smallest absolute Gasteiger partial charge is 0.261 e. The Labute approximate surface area is 177 Å².